The van der Waals surface area contributed by atoms with E-state index in [1.807, 2.05) is 25.1 Å². The fraction of sp³-hybridized carbons (Fsp3) is 0.333. The van der Waals surface area contributed by atoms with Gasteiger partial charge in [-0.2, -0.15) is 0 Å². The van der Waals surface area contributed by atoms with Gasteiger partial charge in [-0.15, -0.1) is 10.2 Å². The summed E-state index contributed by atoms with van der Waals surface area (Å²) in [5, 5.41) is 12.2. The lowest BCUT2D eigenvalue weighted by Crippen LogP contribution is -2.42. The number of benzene rings is 2. The van der Waals surface area contributed by atoms with Gasteiger partial charge in [0.1, 0.15) is 0 Å². The number of hydrogen-bond acceptors (Lipinski definition) is 5. The zero-order valence-corrected chi connectivity index (χ0v) is 16.1. The van der Waals surface area contributed by atoms with E-state index in [4.69, 9.17) is 16.0 Å². The minimum atomic E-state index is 0.476. The molecule has 2 aromatic carbocycles. The third-order valence-corrected chi connectivity index (χ3v) is 5.21. The second-order valence-electron chi connectivity index (χ2n) is 6.92. The van der Waals surface area contributed by atoms with Crippen LogP contribution in [0.15, 0.2) is 52.9 Å². The SMILES string of the molecule is Cc1nnc(CNC2CCN(c3cccc(-c4cccc(Cl)c4)c3)CC2)o1. The first-order chi connectivity index (χ1) is 13.2. The highest BCUT2D eigenvalue weighted by Gasteiger charge is 2.20. The molecule has 4 rings (SSSR count). The normalized spacial score (nSPS) is 15.3. The third kappa shape index (κ3) is 4.49. The second-order valence-corrected chi connectivity index (χ2v) is 7.35. The van der Waals surface area contributed by atoms with Gasteiger partial charge < -0.3 is 14.6 Å². The van der Waals surface area contributed by atoms with E-state index in [0.717, 1.165) is 36.5 Å². The zero-order chi connectivity index (χ0) is 18.6. The van der Waals surface area contributed by atoms with Crippen molar-refractivity contribution in [2.45, 2.75) is 32.4 Å². The smallest absolute Gasteiger partial charge is 0.230 e. The fourth-order valence-electron chi connectivity index (χ4n) is 3.53. The minimum absolute atomic E-state index is 0.476. The van der Waals surface area contributed by atoms with E-state index in [9.17, 15) is 0 Å². The van der Waals surface area contributed by atoms with Gasteiger partial charge in [-0.25, -0.2) is 0 Å². The molecule has 0 spiro atoms. The van der Waals surface area contributed by atoms with Gasteiger partial charge in [-0.1, -0.05) is 35.9 Å². The molecule has 3 aromatic rings. The van der Waals surface area contributed by atoms with Crippen molar-refractivity contribution in [2.24, 2.45) is 0 Å². The van der Waals surface area contributed by atoms with Crippen LogP contribution in [0.1, 0.15) is 24.6 Å². The van der Waals surface area contributed by atoms with Crippen LogP contribution >= 0.6 is 11.6 Å². The maximum Gasteiger partial charge on any atom is 0.230 e. The van der Waals surface area contributed by atoms with Gasteiger partial charge in [0.25, 0.3) is 0 Å². The summed E-state index contributed by atoms with van der Waals surface area (Å²) in [4.78, 5) is 2.45. The van der Waals surface area contributed by atoms with Crippen LogP contribution < -0.4 is 10.2 Å². The van der Waals surface area contributed by atoms with Crippen LogP contribution in [0.4, 0.5) is 5.69 Å². The van der Waals surface area contributed by atoms with Crippen LogP contribution in [0.2, 0.25) is 5.02 Å². The second kappa shape index (κ2) is 8.11. The molecule has 6 heteroatoms. The molecule has 1 aliphatic rings. The van der Waals surface area contributed by atoms with Crippen LogP contribution in [0.3, 0.4) is 0 Å². The molecule has 140 valence electrons. The van der Waals surface area contributed by atoms with Crippen molar-refractivity contribution in [1.82, 2.24) is 15.5 Å². The predicted octanol–water partition coefficient (Wildman–Crippen LogP) is 4.46. The van der Waals surface area contributed by atoms with E-state index >= 15 is 0 Å². The average molecular weight is 383 g/mol. The molecule has 1 saturated heterocycles. The number of halogens is 1. The van der Waals surface area contributed by atoms with Crippen molar-refractivity contribution >= 4 is 17.3 Å². The Morgan fingerprint density at radius 2 is 1.81 bits per heavy atom. The molecule has 0 unspecified atom stereocenters. The predicted molar refractivity (Wildman–Crippen MR) is 108 cm³/mol. The quantitative estimate of drug-likeness (QED) is 0.706. The van der Waals surface area contributed by atoms with Crippen molar-refractivity contribution < 1.29 is 4.42 Å². The number of hydrogen-bond donors (Lipinski definition) is 1. The lowest BCUT2D eigenvalue weighted by molar-refractivity contribution is 0.378. The fourth-order valence-corrected chi connectivity index (χ4v) is 3.72. The van der Waals surface area contributed by atoms with Crippen LogP contribution in [0, 0.1) is 6.92 Å². The first kappa shape index (κ1) is 18.0. The van der Waals surface area contributed by atoms with E-state index in [0.29, 0.717) is 24.4 Å². The van der Waals surface area contributed by atoms with E-state index in [1.165, 1.54) is 11.3 Å². The number of aryl methyl sites for hydroxylation is 1. The molecule has 27 heavy (non-hydrogen) atoms. The largest absolute Gasteiger partial charge is 0.424 e. The van der Waals surface area contributed by atoms with Gasteiger partial charge in [0.15, 0.2) is 0 Å². The molecule has 0 amide bonds. The average Bonchev–Trinajstić information content (AvgIpc) is 3.12. The highest BCUT2D eigenvalue weighted by Crippen LogP contribution is 2.28. The summed E-state index contributed by atoms with van der Waals surface area (Å²) in [7, 11) is 0. The molecule has 1 N–H and O–H groups in total. The van der Waals surface area contributed by atoms with E-state index in [2.05, 4.69) is 50.7 Å². The Hall–Kier alpha value is -2.37. The Kier molecular flexibility index (Phi) is 5.41. The topological polar surface area (TPSA) is 54.2 Å². The third-order valence-electron chi connectivity index (χ3n) is 4.97. The summed E-state index contributed by atoms with van der Waals surface area (Å²) in [5.74, 6) is 1.27. The summed E-state index contributed by atoms with van der Waals surface area (Å²) < 4.78 is 5.42. The van der Waals surface area contributed by atoms with Crippen LogP contribution in [0.5, 0.6) is 0 Å². The summed E-state index contributed by atoms with van der Waals surface area (Å²) in [6.07, 6.45) is 2.18. The lowest BCUT2D eigenvalue weighted by atomic mass is 10.0. The number of nitrogens with one attached hydrogen (secondary N) is 1. The Bertz CT molecular complexity index is 902. The van der Waals surface area contributed by atoms with Crippen LogP contribution in [-0.4, -0.2) is 29.3 Å². The summed E-state index contributed by atoms with van der Waals surface area (Å²) in [5.41, 5.74) is 3.61. The van der Waals surface area contributed by atoms with E-state index in [-0.39, 0.29) is 0 Å². The summed E-state index contributed by atoms with van der Waals surface area (Å²) in [6, 6.07) is 17.2. The van der Waals surface area contributed by atoms with E-state index in [1.54, 1.807) is 0 Å². The van der Waals surface area contributed by atoms with E-state index < -0.39 is 0 Å². The molecule has 1 aliphatic heterocycles. The van der Waals surface area contributed by atoms with Crippen molar-refractivity contribution in [3.63, 3.8) is 0 Å². The molecule has 0 aliphatic carbocycles. The van der Waals surface area contributed by atoms with Gasteiger partial charge in [-0.3, -0.25) is 0 Å². The molecular formula is C21H23ClN4O. The number of piperidine rings is 1. The monoisotopic (exact) mass is 382 g/mol. The Labute approximate surface area is 164 Å². The maximum absolute atomic E-state index is 6.14. The molecule has 2 heterocycles. The van der Waals surface area contributed by atoms with Crippen LogP contribution in [-0.2, 0) is 6.54 Å². The van der Waals surface area contributed by atoms with Gasteiger partial charge in [-0.05, 0) is 48.2 Å². The van der Waals surface area contributed by atoms with Crippen molar-refractivity contribution in [3.05, 3.63) is 65.3 Å². The summed E-state index contributed by atoms with van der Waals surface area (Å²) in [6.45, 7) is 4.50. The summed E-state index contributed by atoms with van der Waals surface area (Å²) >= 11 is 6.14. The van der Waals surface area contributed by atoms with Gasteiger partial charge >= 0.3 is 0 Å². The minimum Gasteiger partial charge on any atom is -0.424 e. The van der Waals surface area contributed by atoms with Gasteiger partial charge in [0, 0.05) is 36.8 Å². The molecule has 5 nitrogen and oxygen atoms in total. The first-order valence-corrected chi connectivity index (χ1v) is 9.68. The Balaban J connectivity index is 1.36. The molecule has 0 saturated carbocycles. The number of rotatable bonds is 5. The highest BCUT2D eigenvalue weighted by molar-refractivity contribution is 6.30. The standard InChI is InChI=1S/C21H23ClN4O/c1-15-24-25-21(27-15)14-23-19-8-10-26(11-9-19)20-7-3-5-17(13-20)16-4-2-6-18(22)12-16/h2-7,12-13,19,23H,8-11,14H2,1H3. The van der Waals surface area contributed by atoms with Crippen molar-refractivity contribution in [3.8, 4) is 11.1 Å². The Morgan fingerprint density at radius 3 is 2.52 bits per heavy atom. The number of anilines is 1. The molecule has 0 atom stereocenters. The molecular weight excluding hydrogens is 360 g/mol. The molecule has 1 aromatic heterocycles. The Morgan fingerprint density at radius 1 is 1.07 bits per heavy atom. The zero-order valence-electron chi connectivity index (χ0n) is 15.4. The lowest BCUT2D eigenvalue weighted by Gasteiger charge is -2.34. The molecule has 0 radical (unpaired) electrons. The van der Waals surface area contributed by atoms with Crippen molar-refractivity contribution in [2.75, 3.05) is 18.0 Å². The highest BCUT2D eigenvalue weighted by atomic mass is 35.5. The van der Waals surface area contributed by atoms with Gasteiger partial charge in [0.05, 0.1) is 6.54 Å². The number of aromatic nitrogens is 2. The molecule has 0 bridgehead atoms. The first-order valence-electron chi connectivity index (χ1n) is 9.31. The van der Waals surface area contributed by atoms with Crippen LogP contribution in [0.25, 0.3) is 11.1 Å². The molecule has 1 fully saturated rings. The maximum atomic E-state index is 6.14. The number of nitrogens with zero attached hydrogens (tertiary/aromatic N) is 3. The van der Waals surface area contributed by atoms with Crippen molar-refractivity contribution in [1.29, 1.82) is 0 Å². The van der Waals surface area contributed by atoms with Gasteiger partial charge in [0.2, 0.25) is 11.8 Å².